The van der Waals surface area contributed by atoms with Crippen LogP contribution in [0.4, 0.5) is 11.8 Å². The van der Waals surface area contributed by atoms with Crippen LogP contribution in [-0.2, 0) is 4.79 Å². The van der Waals surface area contributed by atoms with Gasteiger partial charge in [0.2, 0.25) is 11.9 Å². The van der Waals surface area contributed by atoms with Gasteiger partial charge in [-0.2, -0.15) is 10.2 Å². The molecule has 1 saturated carbocycles. The van der Waals surface area contributed by atoms with Gasteiger partial charge >= 0.3 is 0 Å². The van der Waals surface area contributed by atoms with E-state index in [0.717, 1.165) is 38.8 Å². The normalized spacial score (nSPS) is 23.1. The van der Waals surface area contributed by atoms with Crippen LogP contribution in [0.25, 0.3) is 0 Å². The second-order valence-corrected chi connectivity index (χ2v) is 9.52. The van der Waals surface area contributed by atoms with Crippen LogP contribution in [0.5, 0.6) is 0 Å². The molecule has 2 aliphatic rings. The maximum absolute atomic E-state index is 12.0. The van der Waals surface area contributed by atoms with Crippen molar-refractivity contribution in [2.75, 3.05) is 37.3 Å². The van der Waals surface area contributed by atoms with Gasteiger partial charge in [0.15, 0.2) is 5.82 Å². The number of nitrogens with one attached hydrogen (secondary N) is 5. The summed E-state index contributed by atoms with van der Waals surface area (Å²) >= 11 is 6.36. The first kappa shape index (κ1) is 25.7. The summed E-state index contributed by atoms with van der Waals surface area (Å²) in [6.07, 6.45) is 8.36. The van der Waals surface area contributed by atoms with Crippen LogP contribution in [0.15, 0.2) is 18.1 Å². The number of aromatic nitrogens is 2. The molecule has 34 heavy (non-hydrogen) atoms. The molecule has 3 unspecified atom stereocenters. The van der Waals surface area contributed by atoms with Crippen LogP contribution in [0, 0.1) is 28.6 Å². The summed E-state index contributed by atoms with van der Waals surface area (Å²) in [5.74, 6) is 1.50. The van der Waals surface area contributed by atoms with Crippen molar-refractivity contribution >= 4 is 35.5 Å². The van der Waals surface area contributed by atoms with Crippen LogP contribution in [0.1, 0.15) is 39.0 Å². The molecule has 0 spiro atoms. The van der Waals surface area contributed by atoms with Crippen molar-refractivity contribution in [2.45, 2.75) is 51.1 Å². The largest absolute Gasteiger partial charge is 0.386 e. The summed E-state index contributed by atoms with van der Waals surface area (Å²) in [4.78, 5) is 22.4. The third-order valence-corrected chi connectivity index (χ3v) is 6.80. The minimum atomic E-state index is -0.148. The van der Waals surface area contributed by atoms with Gasteiger partial charge in [-0.25, -0.2) is 4.98 Å². The zero-order valence-electron chi connectivity index (χ0n) is 19.8. The smallest absolute Gasteiger partial charge is 0.236 e. The van der Waals surface area contributed by atoms with Crippen LogP contribution in [0.3, 0.4) is 0 Å². The number of carbonyl (C=O) groups is 1. The maximum atomic E-state index is 12.0. The van der Waals surface area contributed by atoms with Crippen LogP contribution < -0.4 is 21.3 Å². The molecule has 1 aromatic heterocycles. The number of nitriles is 1. The third kappa shape index (κ3) is 7.30. The van der Waals surface area contributed by atoms with E-state index in [4.69, 9.17) is 22.3 Å². The van der Waals surface area contributed by atoms with Gasteiger partial charge in [-0.15, -0.1) is 0 Å². The number of rotatable bonds is 10. The highest BCUT2D eigenvalue weighted by molar-refractivity contribution is 6.32. The van der Waals surface area contributed by atoms with E-state index in [1.54, 1.807) is 24.3 Å². The average Bonchev–Trinajstić information content (AvgIpc) is 3.17. The van der Waals surface area contributed by atoms with Crippen LogP contribution in [0.2, 0.25) is 5.02 Å². The quantitative estimate of drug-likeness (QED) is 0.317. The number of amides is 1. The Morgan fingerprint density at radius 3 is 2.85 bits per heavy atom. The van der Waals surface area contributed by atoms with Gasteiger partial charge in [0.05, 0.1) is 18.0 Å². The number of hydrogen-bond acceptors (Lipinski definition) is 9. The highest BCUT2D eigenvalue weighted by atomic mass is 35.5. The van der Waals surface area contributed by atoms with Crippen molar-refractivity contribution in [2.24, 2.45) is 11.8 Å². The highest BCUT2D eigenvalue weighted by Gasteiger charge is 2.33. The topological polar surface area (TPSA) is 142 Å². The second kappa shape index (κ2) is 12.5. The predicted molar refractivity (Wildman–Crippen MR) is 134 cm³/mol. The Morgan fingerprint density at radius 2 is 2.15 bits per heavy atom. The Morgan fingerprint density at radius 1 is 1.38 bits per heavy atom. The molecule has 0 radical (unpaired) electrons. The molecule has 11 heteroatoms. The Hall–Kier alpha value is -2.90. The number of nitrogens with zero attached hydrogens (tertiary/aromatic N) is 4. The molecule has 2 heterocycles. The highest BCUT2D eigenvalue weighted by Crippen LogP contribution is 2.35. The SMILES string of the molecule is CC1CC(Nc2nc(N/C(C=N)=C/NC3CCNCC3)ncc2Cl)CC1CN(C)C(=O)CC#N. The zero-order valence-corrected chi connectivity index (χ0v) is 20.5. The van der Waals surface area contributed by atoms with Crippen molar-refractivity contribution in [1.29, 1.82) is 10.7 Å². The van der Waals surface area contributed by atoms with Crippen molar-refractivity contribution in [3.63, 3.8) is 0 Å². The molecule has 0 bridgehead atoms. The molecular formula is C23H34ClN9O. The molecule has 184 valence electrons. The summed E-state index contributed by atoms with van der Waals surface area (Å²) in [6, 6.07) is 2.46. The average molecular weight is 488 g/mol. The van der Waals surface area contributed by atoms with E-state index in [-0.39, 0.29) is 18.4 Å². The molecule has 1 amide bonds. The van der Waals surface area contributed by atoms with E-state index in [0.29, 0.717) is 46.9 Å². The first-order chi connectivity index (χ1) is 16.4. The molecule has 1 saturated heterocycles. The summed E-state index contributed by atoms with van der Waals surface area (Å²) in [5.41, 5.74) is 0.562. The Labute approximate surface area is 206 Å². The number of carbonyl (C=O) groups excluding carboxylic acids is 1. The van der Waals surface area contributed by atoms with Gasteiger partial charge in [0.25, 0.3) is 0 Å². The van der Waals surface area contributed by atoms with Crippen molar-refractivity contribution in [1.82, 2.24) is 25.5 Å². The molecular weight excluding hydrogens is 454 g/mol. The molecule has 10 nitrogen and oxygen atoms in total. The van der Waals surface area contributed by atoms with Crippen molar-refractivity contribution in [3.8, 4) is 6.07 Å². The van der Waals surface area contributed by atoms with E-state index >= 15 is 0 Å². The number of halogens is 1. The fourth-order valence-electron chi connectivity index (χ4n) is 4.52. The van der Waals surface area contributed by atoms with E-state index in [1.807, 2.05) is 6.07 Å². The lowest BCUT2D eigenvalue weighted by Crippen LogP contribution is -2.38. The number of piperidine rings is 1. The molecule has 1 aliphatic carbocycles. The molecule has 5 N–H and O–H groups in total. The van der Waals surface area contributed by atoms with Crippen molar-refractivity contribution in [3.05, 3.63) is 23.1 Å². The van der Waals surface area contributed by atoms with E-state index in [9.17, 15) is 4.79 Å². The zero-order chi connectivity index (χ0) is 24.5. The van der Waals surface area contributed by atoms with E-state index < -0.39 is 0 Å². The minimum absolute atomic E-state index is 0.0921. The van der Waals surface area contributed by atoms with Gasteiger partial charge in [-0.3, -0.25) is 4.79 Å². The summed E-state index contributed by atoms with van der Waals surface area (Å²) < 4.78 is 0. The number of anilines is 2. The fourth-order valence-corrected chi connectivity index (χ4v) is 4.67. The Bertz CT molecular complexity index is 926. The van der Waals surface area contributed by atoms with Gasteiger partial charge < -0.3 is 31.6 Å². The third-order valence-electron chi connectivity index (χ3n) is 6.52. The summed E-state index contributed by atoms with van der Waals surface area (Å²) in [6.45, 7) is 4.78. The molecule has 0 aromatic carbocycles. The van der Waals surface area contributed by atoms with E-state index in [2.05, 4.69) is 38.2 Å². The van der Waals surface area contributed by atoms with Crippen LogP contribution >= 0.6 is 11.6 Å². The standard InChI is InChI=1S/C23H34ClN9O/c1-15-9-18(10-16(15)14-33(2)21(34)3-6-25)30-22-20(24)13-29-23(32-22)31-19(11-26)12-28-17-4-7-27-8-5-17/h11-13,15-18,26-28H,3-5,7-10,14H2,1-2H3,(H2,29,30,31,32)/b19-12+,26-11?. The lowest BCUT2D eigenvalue weighted by atomic mass is 9.98. The molecule has 2 fully saturated rings. The lowest BCUT2D eigenvalue weighted by molar-refractivity contribution is -0.129. The molecule has 1 aliphatic heterocycles. The van der Waals surface area contributed by atoms with Crippen LogP contribution in [-0.4, -0.2) is 65.8 Å². The molecule has 3 rings (SSSR count). The lowest BCUT2D eigenvalue weighted by Gasteiger charge is -2.23. The Balaban J connectivity index is 1.58. The van der Waals surface area contributed by atoms with Gasteiger partial charge in [-0.05, 0) is 50.6 Å². The molecule has 1 aromatic rings. The summed E-state index contributed by atoms with van der Waals surface area (Å²) in [7, 11) is 1.75. The Kier molecular flexibility index (Phi) is 9.48. The van der Waals surface area contributed by atoms with E-state index in [1.165, 1.54) is 6.21 Å². The van der Waals surface area contributed by atoms with Gasteiger partial charge in [-0.1, -0.05) is 18.5 Å². The molecule has 3 atom stereocenters. The first-order valence-electron chi connectivity index (χ1n) is 11.7. The van der Waals surface area contributed by atoms with Gasteiger partial charge in [0, 0.05) is 38.1 Å². The maximum Gasteiger partial charge on any atom is 0.236 e. The van der Waals surface area contributed by atoms with Gasteiger partial charge in [0.1, 0.15) is 11.4 Å². The monoisotopic (exact) mass is 487 g/mol. The fraction of sp³-hybridized carbons (Fsp3) is 0.609. The predicted octanol–water partition coefficient (Wildman–Crippen LogP) is 2.57. The second-order valence-electron chi connectivity index (χ2n) is 9.11. The van der Waals surface area contributed by atoms with Crippen molar-refractivity contribution < 1.29 is 4.79 Å². The minimum Gasteiger partial charge on any atom is -0.386 e. The summed E-state index contributed by atoms with van der Waals surface area (Å²) in [5, 5.41) is 30.1. The first-order valence-corrected chi connectivity index (χ1v) is 12.1. The number of hydrogen-bond donors (Lipinski definition) is 5. The number of allylic oxidation sites excluding steroid dienone is 1.